The molecule has 0 aliphatic rings. The van der Waals surface area contributed by atoms with Gasteiger partial charge in [0.15, 0.2) is 6.10 Å². The van der Waals surface area contributed by atoms with Gasteiger partial charge in [-0.2, -0.15) is 0 Å². The normalized spacial score (nSPS) is 11.8. The van der Waals surface area contributed by atoms with E-state index >= 15 is 0 Å². The third-order valence-corrected chi connectivity index (χ3v) is 1.71. The zero-order chi connectivity index (χ0) is 12.0. The van der Waals surface area contributed by atoms with Crippen molar-refractivity contribution in [3.05, 3.63) is 18.2 Å². The Kier molecular flexibility index (Phi) is 4.28. The third-order valence-electron chi connectivity index (χ3n) is 1.71. The summed E-state index contributed by atoms with van der Waals surface area (Å²) in [6, 6.07) is -0.572. The van der Waals surface area contributed by atoms with E-state index in [2.05, 4.69) is 20.6 Å². The number of hydrogen-bond donors (Lipinski definition) is 5. The van der Waals surface area contributed by atoms with Crippen LogP contribution in [0.4, 0.5) is 4.79 Å². The van der Waals surface area contributed by atoms with Crippen molar-refractivity contribution in [3.63, 3.8) is 0 Å². The van der Waals surface area contributed by atoms with Gasteiger partial charge in [-0.3, -0.25) is 0 Å². The first-order valence-corrected chi connectivity index (χ1v) is 4.50. The first kappa shape index (κ1) is 12.0. The highest BCUT2D eigenvalue weighted by molar-refractivity contribution is 5.76. The lowest BCUT2D eigenvalue weighted by Gasteiger charge is -2.08. The Bertz CT molecular complexity index is 351. The van der Waals surface area contributed by atoms with E-state index in [0.29, 0.717) is 5.82 Å². The van der Waals surface area contributed by atoms with Crippen LogP contribution in [0.1, 0.15) is 5.82 Å². The number of nitrogens with zero attached hydrogens (tertiary/aromatic N) is 1. The van der Waals surface area contributed by atoms with Crippen LogP contribution in [0.25, 0.3) is 0 Å². The van der Waals surface area contributed by atoms with Crippen LogP contribution in [-0.2, 0) is 11.3 Å². The Morgan fingerprint density at radius 1 is 1.50 bits per heavy atom. The van der Waals surface area contributed by atoms with Crippen molar-refractivity contribution in [1.29, 1.82) is 0 Å². The maximum absolute atomic E-state index is 11.1. The molecule has 5 N–H and O–H groups in total. The Morgan fingerprint density at radius 2 is 2.25 bits per heavy atom. The number of amides is 2. The number of carbonyl (C=O) groups excluding carboxylic acids is 1. The van der Waals surface area contributed by atoms with Crippen LogP contribution in [0.15, 0.2) is 12.4 Å². The number of rotatable bonds is 5. The number of carbonyl (C=O) groups is 2. The maximum atomic E-state index is 11.1. The summed E-state index contributed by atoms with van der Waals surface area (Å²) >= 11 is 0. The number of nitrogens with one attached hydrogen (secondary N) is 3. The minimum Gasteiger partial charge on any atom is -0.479 e. The van der Waals surface area contributed by atoms with Gasteiger partial charge >= 0.3 is 12.0 Å². The van der Waals surface area contributed by atoms with Crippen LogP contribution in [-0.4, -0.2) is 44.8 Å². The second kappa shape index (κ2) is 5.71. The van der Waals surface area contributed by atoms with Crippen molar-refractivity contribution in [2.45, 2.75) is 12.6 Å². The van der Waals surface area contributed by atoms with Gasteiger partial charge in [-0.25, -0.2) is 14.6 Å². The Balaban J connectivity index is 2.19. The molecule has 0 saturated carbocycles. The molecule has 1 atom stereocenters. The van der Waals surface area contributed by atoms with Gasteiger partial charge in [-0.1, -0.05) is 0 Å². The first-order valence-electron chi connectivity index (χ1n) is 4.50. The lowest BCUT2D eigenvalue weighted by molar-refractivity contribution is -0.146. The molecule has 8 heteroatoms. The number of urea groups is 1. The molecule has 0 aromatic carbocycles. The van der Waals surface area contributed by atoms with Gasteiger partial charge in [0.1, 0.15) is 5.82 Å². The zero-order valence-corrected chi connectivity index (χ0v) is 8.30. The molecule has 0 unspecified atom stereocenters. The van der Waals surface area contributed by atoms with Crippen LogP contribution in [0.3, 0.4) is 0 Å². The molecule has 1 aromatic rings. The van der Waals surface area contributed by atoms with E-state index in [1.54, 1.807) is 12.4 Å². The molecule has 0 aliphatic heterocycles. The fourth-order valence-corrected chi connectivity index (χ4v) is 0.898. The van der Waals surface area contributed by atoms with Crippen molar-refractivity contribution in [3.8, 4) is 0 Å². The lowest BCUT2D eigenvalue weighted by Crippen LogP contribution is -2.41. The second-order valence-corrected chi connectivity index (χ2v) is 2.95. The average molecular weight is 228 g/mol. The molecule has 0 fully saturated rings. The third kappa shape index (κ3) is 3.96. The van der Waals surface area contributed by atoms with Crippen LogP contribution < -0.4 is 10.6 Å². The van der Waals surface area contributed by atoms with Gasteiger partial charge in [0.2, 0.25) is 0 Å². The van der Waals surface area contributed by atoms with Gasteiger partial charge in [-0.15, -0.1) is 0 Å². The topological polar surface area (TPSA) is 127 Å². The minimum atomic E-state index is -1.60. The quantitative estimate of drug-likeness (QED) is 0.426. The monoisotopic (exact) mass is 228 g/mol. The maximum Gasteiger partial charge on any atom is 0.334 e. The molecule has 0 bridgehead atoms. The lowest BCUT2D eigenvalue weighted by atomic mass is 10.4. The van der Waals surface area contributed by atoms with Gasteiger partial charge in [0.05, 0.1) is 13.1 Å². The number of aromatic amines is 1. The summed E-state index contributed by atoms with van der Waals surface area (Å²) in [5, 5.41) is 21.8. The van der Waals surface area contributed by atoms with E-state index in [1.807, 2.05) is 0 Å². The standard InChI is InChI=1S/C8H12N4O4/c13-5(7(14)15)3-11-8(16)12-4-6-9-1-2-10-6/h1-2,5,13H,3-4H2,(H,9,10)(H,14,15)(H2,11,12,16)/t5-/m0/s1. The number of carboxylic acid groups (broad SMARTS) is 1. The molecule has 0 aliphatic carbocycles. The Labute approximate surface area is 90.7 Å². The van der Waals surface area contributed by atoms with Gasteiger partial charge in [0.25, 0.3) is 0 Å². The number of aromatic nitrogens is 2. The molecular weight excluding hydrogens is 216 g/mol. The summed E-state index contributed by atoms with van der Waals surface area (Å²) in [5.41, 5.74) is 0. The molecule has 0 spiro atoms. The van der Waals surface area contributed by atoms with E-state index in [1.165, 1.54) is 0 Å². The number of imidazole rings is 1. The van der Waals surface area contributed by atoms with Crippen molar-refractivity contribution >= 4 is 12.0 Å². The summed E-state index contributed by atoms with van der Waals surface area (Å²) < 4.78 is 0. The van der Waals surface area contributed by atoms with Crippen LogP contribution in [0.5, 0.6) is 0 Å². The molecule has 16 heavy (non-hydrogen) atoms. The summed E-state index contributed by atoms with van der Waals surface area (Å²) in [4.78, 5) is 28.0. The largest absolute Gasteiger partial charge is 0.479 e. The molecule has 1 heterocycles. The highest BCUT2D eigenvalue weighted by Gasteiger charge is 2.13. The highest BCUT2D eigenvalue weighted by Crippen LogP contribution is 1.86. The van der Waals surface area contributed by atoms with Crippen LogP contribution in [0, 0.1) is 0 Å². The van der Waals surface area contributed by atoms with Crippen molar-refractivity contribution in [2.75, 3.05) is 6.54 Å². The van der Waals surface area contributed by atoms with Crippen molar-refractivity contribution in [2.24, 2.45) is 0 Å². The van der Waals surface area contributed by atoms with E-state index in [9.17, 15) is 9.59 Å². The van der Waals surface area contributed by atoms with Gasteiger partial charge in [-0.05, 0) is 0 Å². The molecule has 8 nitrogen and oxygen atoms in total. The molecule has 0 radical (unpaired) electrons. The fraction of sp³-hybridized carbons (Fsp3) is 0.375. The zero-order valence-electron chi connectivity index (χ0n) is 8.30. The Hall–Kier alpha value is -2.09. The van der Waals surface area contributed by atoms with Gasteiger partial charge in [0, 0.05) is 12.4 Å². The highest BCUT2D eigenvalue weighted by atomic mass is 16.4. The number of aliphatic hydroxyl groups is 1. The van der Waals surface area contributed by atoms with Crippen LogP contribution >= 0.6 is 0 Å². The second-order valence-electron chi connectivity index (χ2n) is 2.95. The number of carboxylic acids is 1. The number of aliphatic carboxylic acids is 1. The number of hydrogen-bond acceptors (Lipinski definition) is 4. The summed E-state index contributed by atoms with van der Waals surface area (Å²) in [6.07, 6.45) is 1.56. The predicted octanol–water partition coefficient (Wildman–Crippen LogP) is -1.35. The summed E-state index contributed by atoms with van der Waals surface area (Å²) in [5.74, 6) is -0.805. The summed E-state index contributed by atoms with van der Waals surface area (Å²) in [6.45, 7) is -0.151. The Morgan fingerprint density at radius 3 is 2.81 bits per heavy atom. The number of aliphatic hydroxyl groups excluding tert-OH is 1. The number of H-pyrrole nitrogens is 1. The molecule has 2 amide bonds. The smallest absolute Gasteiger partial charge is 0.334 e. The van der Waals surface area contributed by atoms with E-state index < -0.39 is 18.1 Å². The minimum absolute atomic E-state index is 0.196. The SMILES string of the molecule is O=C(NCc1ncc[nH]1)NC[C@H](O)C(=O)O. The first-order chi connectivity index (χ1) is 7.59. The average Bonchev–Trinajstić information content (AvgIpc) is 2.75. The molecule has 1 rings (SSSR count). The molecule has 1 aromatic heterocycles. The molecule has 88 valence electrons. The van der Waals surface area contributed by atoms with E-state index in [4.69, 9.17) is 10.2 Å². The predicted molar refractivity (Wildman–Crippen MR) is 52.5 cm³/mol. The van der Waals surface area contributed by atoms with Crippen molar-refractivity contribution < 1.29 is 19.8 Å². The van der Waals surface area contributed by atoms with Crippen molar-refractivity contribution in [1.82, 2.24) is 20.6 Å². The van der Waals surface area contributed by atoms with Gasteiger partial charge < -0.3 is 25.8 Å². The molecule has 0 saturated heterocycles. The fourth-order valence-electron chi connectivity index (χ4n) is 0.898. The van der Waals surface area contributed by atoms with E-state index in [0.717, 1.165) is 0 Å². The summed E-state index contributed by atoms with van der Waals surface area (Å²) in [7, 11) is 0. The van der Waals surface area contributed by atoms with Crippen LogP contribution in [0.2, 0.25) is 0 Å². The molecular formula is C8H12N4O4. The van der Waals surface area contributed by atoms with E-state index in [-0.39, 0.29) is 13.1 Å².